The maximum absolute atomic E-state index is 12.3. The van der Waals surface area contributed by atoms with Crippen LogP contribution in [0.25, 0.3) is 10.7 Å². The number of thiazole rings is 1. The summed E-state index contributed by atoms with van der Waals surface area (Å²) < 4.78 is 0. The number of hydrogen-bond donors (Lipinski definition) is 2. The summed E-state index contributed by atoms with van der Waals surface area (Å²) in [7, 11) is 0. The van der Waals surface area contributed by atoms with Gasteiger partial charge in [0.05, 0.1) is 6.20 Å². The third-order valence-corrected chi connectivity index (χ3v) is 4.87. The molecule has 1 saturated heterocycles. The van der Waals surface area contributed by atoms with E-state index in [1.54, 1.807) is 24.0 Å². The first-order valence-electron chi connectivity index (χ1n) is 7.37. The van der Waals surface area contributed by atoms with Crippen LogP contribution in [0.3, 0.4) is 0 Å². The number of rotatable bonds is 4. The molecule has 6 nitrogen and oxygen atoms in total. The summed E-state index contributed by atoms with van der Waals surface area (Å²) in [6.45, 7) is 4.94. The average Bonchev–Trinajstić information content (AvgIpc) is 3.04. The quantitative estimate of drug-likeness (QED) is 0.839. The Morgan fingerprint density at radius 1 is 1.33 bits per heavy atom. The third kappa shape index (κ3) is 5.11. The van der Waals surface area contributed by atoms with Crippen LogP contribution >= 0.6 is 36.2 Å². The maximum atomic E-state index is 12.3. The fourth-order valence-electron chi connectivity index (χ4n) is 2.50. The van der Waals surface area contributed by atoms with Gasteiger partial charge in [-0.1, -0.05) is 6.92 Å². The SMILES string of the molecule is CC1(CNC(=O)c2csc(-c3cnccn3)n2)CCNCC1.Cl.Cl. The van der Waals surface area contributed by atoms with Crippen molar-refractivity contribution in [1.82, 2.24) is 25.6 Å². The minimum Gasteiger partial charge on any atom is -0.350 e. The van der Waals surface area contributed by atoms with Gasteiger partial charge in [-0.05, 0) is 31.3 Å². The summed E-state index contributed by atoms with van der Waals surface area (Å²) in [5.41, 5.74) is 1.31. The van der Waals surface area contributed by atoms with Gasteiger partial charge in [0.25, 0.3) is 5.91 Å². The van der Waals surface area contributed by atoms with Gasteiger partial charge < -0.3 is 10.6 Å². The minimum absolute atomic E-state index is 0. The first kappa shape index (κ1) is 20.8. The highest BCUT2D eigenvalue weighted by molar-refractivity contribution is 7.13. The monoisotopic (exact) mass is 389 g/mol. The van der Waals surface area contributed by atoms with Gasteiger partial charge in [-0.25, -0.2) is 4.98 Å². The van der Waals surface area contributed by atoms with Gasteiger partial charge in [0.15, 0.2) is 0 Å². The lowest BCUT2D eigenvalue weighted by molar-refractivity contribution is 0.0918. The molecule has 2 aromatic rings. The van der Waals surface area contributed by atoms with Crippen molar-refractivity contribution in [2.75, 3.05) is 19.6 Å². The minimum atomic E-state index is -0.119. The number of amides is 1. The van der Waals surface area contributed by atoms with Crippen molar-refractivity contribution in [3.05, 3.63) is 29.7 Å². The van der Waals surface area contributed by atoms with Gasteiger partial charge in [0, 0.05) is 24.3 Å². The van der Waals surface area contributed by atoms with Crippen LogP contribution < -0.4 is 10.6 Å². The molecule has 24 heavy (non-hydrogen) atoms. The van der Waals surface area contributed by atoms with Crippen molar-refractivity contribution in [3.8, 4) is 10.7 Å². The van der Waals surface area contributed by atoms with E-state index >= 15 is 0 Å². The fourth-order valence-corrected chi connectivity index (χ4v) is 3.26. The van der Waals surface area contributed by atoms with Gasteiger partial charge in [-0.15, -0.1) is 36.2 Å². The van der Waals surface area contributed by atoms with E-state index in [1.807, 2.05) is 0 Å². The van der Waals surface area contributed by atoms with Crippen LogP contribution in [-0.4, -0.2) is 40.5 Å². The highest BCUT2D eigenvalue weighted by Gasteiger charge is 2.27. The zero-order chi connectivity index (χ0) is 15.4. The Labute approximate surface area is 157 Å². The molecule has 0 aromatic carbocycles. The van der Waals surface area contributed by atoms with Crippen molar-refractivity contribution in [2.45, 2.75) is 19.8 Å². The molecule has 0 saturated carbocycles. The van der Waals surface area contributed by atoms with Crippen molar-refractivity contribution in [3.63, 3.8) is 0 Å². The molecule has 9 heteroatoms. The molecule has 1 fully saturated rings. The standard InChI is InChI=1S/C15H19N5OS.2ClH/c1-15(2-4-16-5-3-15)10-19-13(21)12-9-22-14(20-12)11-8-17-6-7-18-11;;/h6-9,16H,2-5,10H2,1H3,(H,19,21);2*1H. The van der Waals surface area contributed by atoms with Gasteiger partial charge in [-0.2, -0.15) is 0 Å². The molecule has 2 N–H and O–H groups in total. The predicted octanol–water partition coefficient (Wildman–Crippen LogP) is 2.56. The van der Waals surface area contributed by atoms with E-state index in [4.69, 9.17) is 0 Å². The van der Waals surface area contributed by atoms with Gasteiger partial charge in [0.1, 0.15) is 16.4 Å². The van der Waals surface area contributed by atoms with Crippen molar-refractivity contribution >= 4 is 42.1 Å². The van der Waals surface area contributed by atoms with Crippen LogP contribution in [0.5, 0.6) is 0 Å². The maximum Gasteiger partial charge on any atom is 0.270 e. The summed E-state index contributed by atoms with van der Waals surface area (Å²) in [6, 6.07) is 0. The van der Waals surface area contributed by atoms with Crippen molar-refractivity contribution in [2.24, 2.45) is 5.41 Å². The second-order valence-electron chi connectivity index (χ2n) is 5.87. The van der Waals surface area contributed by atoms with E-state index in [0.717, 1.165) is 25.9 Å². The second kappa shape index (κ2) is 9.27. The normalized spacial score (nSPS) is 15.7. The average molecular weight is 390 g/mol. The molecule has 0 aliphatic carbocycles. The van der Waals surface area contributed by atoms with Crippen LogP contribution in [0.2, 0.25) is 0 Å². The van der Waals surface area contributed by atoms with Crippen molar-refractivity contribution < 1.29 is 4.79 Å². The van der Waals surface area contributed by atoms with E-state index < -0.39 is 0 Å². The number of carbonyl (C=O) groups excluding carboxylic acids is 1. The van der Waals surface area contributed by atoms with Gasteiger partial charge in [0.2, 0.25) is 0 Å². The topological polar surface area (TPSA) is 79.8 Å². The lowest BCUT2D eigenvalue weighted by Gasteiger charge is -2.34. The molecule has 0 spiro atoms. The molecular formula is C15H21Cl2N5OS. The molecule has 3 rings (SSSR count). The van der Waals surface area contributed by atoms with Crippen molar-refractivity contribution in [1.29, 1.82) is 0 Å². The first-order valence-corrected chi connectivity index (χ1v) is 8.25. The van der Waals surface area contributed by atoms with E-state index in [2.05, 4.69) is 32.5 Å². The highest BCUT2D eigenvalue weighted by Crippen LogP contribution is 2.27. The number of nitrogens with zero attached hydrogens (tertiary/aromatic N) is 3. The van der Waals surface area contributed by atoms with E-state index in [9.17, 15) is 4.79 Å². The molecule has 1 amide bonds. The lowest BCUT2D eigenvalue weighted by Crippen LogP contribution is -2.42. The summed E-state index contributed by atoms with van der Waals surface area (Å²) >= 11 is 1.41. The molecule has 3 heterocycles. The van der Waals surface area contributed by atoms with Crippen LogP contribution in [0.15, 0.2) is 24.0 Å². The zero-order valence-corrected chi connectivity index (χ0v) is 15.8. The Balaban J connectivity index is 0.00000144. The van der Waals surface area contributed by atoms with E-state index in [1.165, 1.54) is 11.3 Å². The summed E-state index contributed by atoms with van der Waals surface area (Å²) in [5, 5.41) is 8.84. The molecular weight excluding hydrogens is 369 g/mol. The lowest BCUT2D eigenvalue weighted by atomic mass is 9.81. The first-order chi connectivity index (χ1) is 10.7. The second-order valence-corrected chi connectivity index (χ2v) is 6.73. The molecule has 0 bridgehead atoms. The fraction of sp³-hybridized carbons (Fsp3) is 0.467. The Morgan fingerprint density at radius 3 is 2.75 bits per heavy atom. The number of aromatic nitrogens is 3. The largest absolute Gasteiger partial charge is 0.350 e. The number of nitrogens with one attached hydrogen (secondary N) is 2. The third-order valence-electron chi connectivity index (χ3n) is 4.01. The summed E-state index contributed by atoms with van der Waals surface area (Å²) in [6.07, 6.45) is 7.04. The molecule has 2 aromatic heterocycles. The number of piperidine rings is 1. The van der Waals surface area contributed by atoms with Crippen LogP contribution in [0.1, 0.15) is 30.3 Å². The number of halogens is 2. The van der Waals surface area contributed by atoms with Gasteiger partial charge in [-0.3, -0.25) is 14.8 Å². The Morgan fingerprint density at radius 2 is 2.08 bits per heavy atom. The molecule has 0 unspecified atom stereocenters. The zero-order valence-electron chi connectivity index (χ0n) is 13.3. The van der Waals surface area contributed by atoms with Gasteiger partial charge >= 0.3 is 0 Å². The summed E-state index contributed by atoms with van der Waals surface area (Å²) in [4.78, 5) is 24.8. The van der Waals surface area contributed by atoms with E-state index in [0.29, 0.717) is 22.9 Å². The Hall–Kier alpha value is -1.28. The van der Waals surface area contributed by atoms with Crippen LogP contribution in [-0.2, 0) is 0 Å². The van der Waals surface area contributed by atoms with E-state index in [-0.39, 0.29) is 36.1 Å². The Bertz CT molecular complexity index is 646. The highest BCUT2D eigenvalue weighted by atomic mass is 35.5. The summed E-state index contributed by atoms with van der Waals surface area (Å²) in [5.74, 6) is -0.119. The number of hydrogen-bond acceptors (Lipinski definition) is 6. The Kier molecular flexibility index (Phi) is 8.02. The molecule has 1 aliphatic heterocycles. The molecule has 132 valence electrons. The molecule has 0 radical (unpaired) electrons. The molecule has 0 atom stereocenters. The molecule has 1 aliphatic rings. The number of carbonyl (C=O) groups is 1. The predicted molar refractivity (Wildman–Crippen MR) is 100 cm³/mol. The smallest absolute Gasteiger partial charge is 0.270 e. The van der Waals surface area contributed by atoms with Crippen LogP contribution in [0, 0.1) is 5.41 Å². The van der Waals surface area contributed by atoms with Crippen LogP contribution in [0.4, 0.5) is 0 Å².